The number of rotatable bonds is 0. The molecule has 1 rings (SSSR count). The van der Waals surface area contributed by atoms with Gasteiger partial charge in [0, 0.05) is 6.21 Å². The highest BCUT2D eigenvalue weighted by molar-refractivity contribution is 5.80. The summed E-state index contributed by atoms with van der Waals surface area (Å²) >= 11 is 0. The summed E-state index contributed by atoms with van der Waals surface area (Å²) < 4.78 is 0. The third-order valence-electron chi connectivity index (χ3n) is 0.611. The number of hydrogen-bond acceptors (Lipinski definition) is 2. The number of nitrogens with zero attached hydrogens (tertiary/aromatic N) is 1. The van der Waals surface area contributed by atoms with Gasteiger partial charge in [0.2, 0.25) is 0 Å². The van der Waals surface area contributed by atoms with Gasteiger partial charge in [-0.15, -0.1) is 0 Å². The maximum atomic E-state index is 10.1. The predicted octanol–water partition coefficient (Wildman–Crippen LogP) is -0.715. The molecule has 1 heterocycles. The number of carbonyl (C=O) groups is 1. The second kappa shape index (κ2) is 1.59. The maximum Gasteiger partial charge on any atom is 0.335 e. The van der Waals surface area contributed by atoms with Gasteiger partial charge >= 0.3 is 6.03 Å². The number of hydrazone groups is 1. The first kappa shape index (κ1) is 4.11. The van der Waals surface area contributed by atoms with Crippen molar-refractivity contribution in [2.75, 3.05) is 6.54 Å². The van der Waals surface area contributed by atoms with Crippen molar-refractivity contribution in [3.05, 3.63) is 0 Å². The van der Waals surface area contributed by atoms with E-state index in [1.165, 1.54) is 0 Å². The highest BCUT2D eigenvalue weighted by Gasteiger charge is 1.96. The van der Waals surface area contributed by atoms with E-state index in [-0.39, 0.29) is 6.03 Å². The number of hydrogen-bond donors (Lipinski definition) is 2. The van der Waals surface area contributed by atoms with Crippen LogP contribution in [0.5, 0.6) is 0 Å². The molecule has 4 nitrogen and oxygen atoms in total. The monoisotopic (exact) mass is 99.0 g/mol. The smallest absolute Gasteiger partial charge is 0.332 e. The van der Waals surface area contributed by atoms with Crippen molar-refractivity contribution in [2.24, 2.45) is 5.10 Å². The fraction of sp³-hybridized carbons (Fsp3) is 0.333. The Bertz CT molecular complexity index is 109. The molecule has 0 aromatic heterocycles. The molecule has 0 aliphatic carbocycles. The number of carbonyl (C=O) groups excluding carboxylic acids is 1. The molecule has 2 N–H and O–H groups in total. The Balaban J connectivity index is 2.47. The third-order valence-corrected chi connectivity index (χ3v) is 0.611. The maximum absolute atomic E-state index is 10.1. The Morgan fingerprint density at radius 3 is 3.00 bits per heavy atom. The molecule has 0 spiro atoms. The summed E-state index contributed by atoms with van der Waals surface area (Å²) in [4.78, 5) is 10.1. The third kappa shape index (κ3) is 0.887. The molecule has 1 aliphatic rings. The van der Waals surface area contributed by atoms with Crippen LogP contribution in [0.2, 0.25) is 0 Å². The van der Waals surface area contributed by atoms with Crippen molar-refractivity contribution in [1.82, 2.24) is 10.7 Å². The molecule has 38 valence electrons. The number of urea groups is 1. The average molecular weight is 99.1 g/mol. The first-order valence-electron chi connectivity index (χ1n) is 1.95. The van der Waals surface area contributed by atoms with Crippen molar-refractivity contribution >= 4 is 12.2 Å². The Kier molecular flexibility index (Phi) is 0.934. The van der Waals surface area contributed by atoms with E-state index < -0.39 is 0 Å². The molecule has 0 atom stereocenters. The van der Waals surface area contributed by atoms with Gasteiger partial charge in [-0.05, 0) is 0 Å². The summed E-state index contributed by atoms with van der Waals surface area (Å²) in [6, 6.07) is -0.234. The largest absolute Gasteiger partial charge is 0.335 e. The van der Waals surface area contributed by atoms with Crippen molar-refractivity contribution < 1.29 is 4.79 Å². The molecule has 0 aromatic carbocycles. The van der Waals surface area contributed by atoms with Crippen LogP contribution in [-0.2, 0) is 0 Å². The van der Waals surface area contributed by atoms with E-state index in [9.17, 15) is 4.79 Å². The fourth-order valence-electron chi connectivity index (χ4n) is 0.328. The lowest BCUT2D eigenvalue weighted by atomic mass is 10.7. The molecule has 0 aromatic rings. The summed E-state index contributed by atoms with van der Waals surface area (Å²) in [6.07, 6.45) is 1.58. The molecule has 1 aliphatic heterocycles. The standard InChI is InChI=1S/C3H5N3O/c7-3-4-1-2-5-6-3/h2H,1H2,(H2,4,6,7). The van der Waals surface area contributed by atoms with Crippen LogP contribution >= 0.6 is 0 Å². The topological polar surface area (TPSA) is 53.5 Å². The zero-order valence-corrected chi connectivity index (χ0v) is 3.64. The van der Waals surface area contributed by atoms with Crippen LogP contribution < -0.4 is 10.7 Å². The van der Waals surface area contributed by atoms with Crippen LogP contribution in [0.4, 0.5) is 4.79 Å². The molecule has 4 heteroatoms. The summed E-state index contributed by atoms with van der Waals surface area (Å²) in [6.45, 7) is 0.534. The van der Waals surface area contributed by atoms with Crippen LogP contribution in [-0.4, -0.2) is 18.8 Å². The minimum absolute atomic E-state index is 0.234. The van der Waals surface area contributed by atoms with E-state index in [0.29, 0.717) is 6.54 Å². The lowest BCUT2D eigenvalue weighted by Crippen LogP contribution is -2.37. The highest BCUT2D eigenvalue weighted by Crippen LogP contribution is 1.68. The second-order valence-electron chi connectivity index (χ2n) is 1.13. The normalized spacial score (nSPS) is 18.0. The number of nitrogens with one attached hydrogen (secondary N) is 2. The molecule has 0 radical (unpaired) electrons. The van der Waals surface area contributed by atoms with Crippen molar-refractivity contribution in [1.29, 1.82) is 0 Å². The van der Waals surface area contributed by atoms with Crippen LogP contribution in [0.1, 0.15) is 0 Å². The molecule has 0 fully saturated rings. The molecular weight excluding hydrogens is 94.1 g/mol. The van der Waals surface area contributed by atoms with Gasteiger partial charge < -0.3 is 5.32 Å². The van der Waals surface area contributed by atoms with Crippen molar-refractivity contribution in [3.63, 3.8) is 0 Å². The van der Waals surface area contributed by atoms with Crippen molar-refractivity contribution in [2.45, 2.75) is 0 Å². The van der Waals surface area contributed by atoms with Crippen LogP contribution in [0.15, 0.2) is 5.10 Å². The van der Waals surface area contributed by atoms with Gasteiger partial charge in [-0.2, -0.15) is 5.10 Å². The zero-order chi connectivity index (χ0) is 5.11. The lowest BCUT2D eigenvalue weighted by Gasteiger charge is -2.03. The summed E-state index contributed by atoms with van der Waals surface area (Å²) in [5.74, 6) is 0. The Hall–Kier alpha value is -1.06. The summed E-state index contributed by atoms with van der Waals surface area (Å²) in [5.41, 5.74) is 2.20. The molecule has 0 saturated carbocycles. The van der Waals surface area contributed by atoms with Crippen molar-refractivity contribution in [3.8, 4) is 0 Å². The quantitative estimate of drug-likeness (QED) is 0.414. The Morgan fingerprint density at radius 1 is 1.86 bits per heavy atom. The van der Waals surface area contributed by atoms with E-state index in [1.54, 1.807) is 6.21 Å². The minimum atomic E-state index is -0.234. The van der Waals surface area contributed by atoms with Gasteiger partial charge in [-0.1, -0.05) is 0 Å². The summed E-state index contributed by atoms with van der Waals surface area (Å²) in [7, 11) is 0. The Morgan fingerprint density at radius 2 is 2.71 bits per heavy atom. The highest BCUT2D eigenvalue weighted by atomic mass is 16.2. The zero-order valence-electron chi connectivity index (χ0n) is 3.64. The van der Waals surface area contributed by atoms with E-state index in [0.717, 1.165) is 0 Å². The lowest BCUT2D eigenvalue weighted by molar-refractivity contribution is 0.241. The van der Waals surface area contributed by atoms with E-state index in [4.69, 9.17) is 0 Å². The average Bonchev–Trinajstić information content (AvgIpc) is 1.69. The van der Waals surface area contributed by atoms with Gasteiger partial charge in [-0.3, -0.25) is 0 Å². The molecule has 0 bridgehead atoms. The first-order valence-corrected chi connectivity index (χ1v) is 1.95. The van der Waals surface area contributed by atoms with E-state index in [1.807, 2.05) is 0 Å². The molecular formula is C3H5N3O. The van der Waals surface area contributed by atoms with Crippen LogP contribution in [0.3, 0.4) is 0 Å². The first-order chi connectivity index (χ1) is 3.39. The molecule has 0 unspecified atom stereocenters. The van der Waals surface area contributed by atoms with Gasteiger partial charge in [0.05, 0.1) is 6.54 Å². The summed E-state index contributed by atoms with van der Waals surface area (Å²) in [5, 5.41) is 5.95. The SMILES string of the molecule is O=C1NCC=NN1. The number of amides is 2. The fourth-order valence-corrected chi connectivity index (χ4v) is 0.328. The predicted molar refractivity (Wildman–Crippen MR) is 25.0 cm³/mol. The van der Waals surface area contributed by atoms with E-state index in [2.05, 4.69) is 15.8 Å². The second-order valence-corrected chi connectivity index (χ2v) is 1.13. The molecule has 7 heavy (non-hydrogen) atoms. The Labute approximate surface area is 40.6 Å². The van der Waals surface area contributed by atoms with E-state index >= 15 is 0 Å². The van der Waals surface area contributed by atoms with Gasteiger partial charge in [-0.25, -0.2) is 10.2 Å². The van der Waals surface area contributed by atoms with Gasteiger partial charge in [0.25, 0.3) is 0 Å². The minimum Gasteiger partial charge on any atom is -0.332 e. The van der Waals surface area contributed by atoms with Gasteiger partial charge in [0.1, 0.15) is 0 Å². The van der Waals surface area contributed by atoms with Crippen LogP contribution in [0.25, 0.3) is 0 Å². The molecule has 0 saturated heterocycles. The van der Waals surface area contributed by atoms with Gasteiger partial charge in [0.15, 0.2) is 0 Å². The molecule has 2 amide bonds. The van der Waals surface area contributed by atoms with Crippen LogP contribution in [0, 0.1) is 0 Å².